The van der Waals surface area contributed by atoms with Gasteiger partial charge in [-0.05, 0) is 25.5 Å². The number of nitrogens with zero attached hydrogens (tertiary/aromatic N) is 4. The molecule has 0 bridgehead atoms. The number of halogens is 1. The third-order valence-electron chi connectivity index (χ3n) is 4.27. The molecule has 0 N–H and O–H groups in total. The van der Waals surface area contributed by atoms with Gasteiger partial charge in [-0.3, -0.25) is 9.36 Å². The molecule has 0 spiro atoms. The van der Waals surface area contributed by atoms with Gasteiger partial charge in [0.1, 0.15) is 10.7 Å². The first-order valence-corrected chi connectivity index (χ1v) is 9.94. The van der Waals surface area contributed by atoms with Gasteiger partial charge in [0.25, 0.3) is 0 Å². The van der Waals surface area contributed by atoms with E-state index in [1.54, 1.807) is 24.5 Å². The predicted molar refractivity (Wildman–Crippen MR) is 112 cm³/mol. The van der Waals surface area contributed by atoms with E-state index in [0.717, 1.165) is 17.1 Å². The summed E-state index contributed by atoms with van der Waals surface area (Å²) in [6.07, 6.45) is 1.39. The van der Waals surface area contributed by atoms with Gasteiger partial charge >= 0.3 is 5.97 Å². The lowest BCUT2D eigenvalue weighted by Crippen LogP contribution is -2.21. The number of hydrogen-bond donors (Lipinski definition) is 0. The van der Waals surface area contributed by atoms with Gasteiger partial charge in [0.2, 0.25) is 10.6 Å². The molecule has 1 aromatic carbocycles. The van der Waals surface area contributed by atoms with E-state index in [9.17, 15) is 9.59 Å². The molecule has 146 valence electrons. The fourth-order valence-corrected chi connectivity index (χ4v) is 3.89. The Morgan fingerprint density at radius 3 is 2.72 bits per heavy atom. The predicted octanol–water partition coefficient (Wildman–Crippen LogP) is 4.04. The van der Waals surface area contributed by atoms with E-state index in [2.05, 4.69) is 14.3 Å². The fourth-order valence-electron chi connectivity index (χ4n) is 2.97. The molecular formula is C20H15ClN4O3S. The Labute approximate surface area is 174 Å². The molecule has 0 saturated carbocycles. The van der Waals surface area contributed by atoms with E-state index in [1.165, 1.54) is 6.20 Å². The van der Waals surface area contributed by atoms with Crippen molar-refractivity contribution in [1.29, 1.82) is 0 Å². The molecule has 29 heavy (non-hydrogen) atoms. The lowest BCUT2D eigenvalue weighted by molar-refractivity contribution is 0.0524. The minimum atomic E-state index is -0.699. The van der Waals surface area contributed by atoms with Gasteiger partial charge in [-0.15, -0.1) is 0 Å². The summed E-state index contributed by atoms with van der Waals surface area (Å²) >= 11 is 7.27. The SMILES string of the molecule is CCOC(=O)c1cn(-c2nc(-c3ccccc3)ns2)c2nc(Cl)cc(C)c2c1=O. The van der Waals surface area contributed by atoms with Gasteiger partial charge in [0, 0.05) is 23.3 Å². The number of fused-ring (bicyclic) bond motifs is 1. The van der Waals surface area contributed by atoms with Crippen LogP contribution in [0.3, 0.4) is 0 Å². The average Bonchev–Trinajstić information content (AvgIpc) is 3.18. The second kappa shape index (κ2) is 7.73. The summed E-state index contributed by atoms with van der Waals surface area (Å²) in [4.78, 5) is 34.2. The normalized spacial score (nSPS) is 11.0. The summed E-state index contributed by atoms with van der Waals surface area (Å²) in [6.45, 7) is 3.58. The highest BCUT2D eigenvalue weighted by molar-refractivity contribution is 7.08. The number of hydrogen-bond acceptors (Lipinski definition) is 7. The van der Waals surface area contributed by atoms with E-state index in [1.807, 2.05) is 30.3 Å². The van der Waals surface area contributed by atoms with Crippen LogP contribution in [0.25, 0.3) is 27.6 Å². The van der Waals surface area contributed by atoms with Crippen LogP contribution in [0.1, 0.15) is 22.8 Å². The van der Waals surface area contributed by atoms with Crippen molar-refractivity contribution in [3.8, 4) is 16.5 Å². The Morgan fingerprint density at radius 2 is 2.00 bits per heavy atom. The largest absolute Gasteiger partial charge is 0.462 e. The van der Waals surface area contributed by atoms with Crippen LogP contribution in [0.4, 0.5) is 0 Å². The van der Waals surface area contributed by atoms with Gasteiger partial charge in [0.05, 0.1) is 12.0 Å². The van der Waals surface area contributed by atoms with Crippen LogP contribution in [0, 0.1) is 6.92 Å². The van der Waals surface area contributed by atoms with Crippen molar-refractivity contribution < 1.29 is 9.53 Å². The molecule has 0 unspecified atom stereocenters. The molecule has 0 aliphatic heterocycles. The Kier molecular flexibility index (Phi) is 5.12. The van der Waals surface area contributed by atoms with Crippen LogP contribution in [-0.4, -0.2) is 31.5 Å². The number of aryl methyl sites for hydroxylation is 1. The van der Waals surface area contributed by atoms with Gasteiger partial charge in [-0.2, -0.15) is 9.36 Å². The summed E-state index contributed by atoms with van der Waals surface area (Å²) in [7, 11) is 0. The molecule has 0 aliphatic rings. The monoisotopic (exact) mass is 426 g/mol. The summed E-state index contributed by atoms with van der Waals surface area (Å²) in [6, 6.07) is 11.1. The standard InChI is InChI=1S/C20H15ClN4O3S/c1-3-28-19(27)13-10-25(18-15(16(13)26)11(2)9-14(21)22-18)20-23-17(24-29-20)12-7-5-4-6-8-12/h4-10H,3H2,1-2H3. The first-order valence-electron chi connectivity index (χ1n) is 8.78. The number of carbonyl (C=O) groups is 1. The van der Waals surface area contributed by atoms with Crippen LogP contribution in [-0.2, 0) is 4.74 Å². The van der Waals surface area contributed by atoms with Gasteiger partial charge in [-0.1, -0.05) is 41.9 Å². The van der Waals surface area contributed by atoms with Crippen molar-refractivity contribution in [2.75, 3.05) is 6.61 Å². The maximum Gasteiger partial charge on any atom is 0.343 e. The molecule has 3 heterocycles. The highest BCUT2D eigenvalue weighted by Gasteiger charge is 2.21. The zero-order valence-corrected chi connectivity index (χ0v) is 17.1. The van der Waals surface area contributed by atoms with E-state index < -0.39 is 11.4 Å². The molecule has 0 aliphatic carbocycles. The highest BCUT2D eigenvalue weighted by Crippen LogP contribution is 2.25. The zero-order valence-electron chi connectivity index (χ0n) is 15.5. The maximum absolute atomic E-state index is 13.0. The third kappa shape index (κ3) is 3.52. The van der Waals surface area contributed by atoms with E-state index in [0.29, 0.717) is 22.2 Å². The Morgan fingerprint density at radius 1 is 1.24 bits per heavy atom. The second-order valence-corrected chi connectivity index (χ2v) is 7.31. The molecule has 4 rings (SSSR count). The van der Waals surface area contributed by atoms with Gasteiger partial charge in [0.15, 0.2) is 11.5 Å². The van der Waals surface area contributed by atoms with Crippen molar-refractivity contribution in [3.63, 3.8) is 0 Å². The zero-order chi connectivity index (χ0) is 20.5. The lowest BCUT2D eigenvalue weighted by atomic mass is 10.1. The van der Waals surface area contributed by atoms with Crippen molar-refractivity contribution in [2.24, 2.45) is 0 Å². The van der Waals surface area contributed by atoms with Crippen LogP contribution in [0.5, 0.6) is 0 Å². The fraction of sp³-hybridized carbons (Fsp3) is 0.150. The smallest absolute Gasteiger partial charge is 0.343 e. The average molecular weight is 427 g/mol. The molecule has 0 amide bonds. The highest BCUT2D eigenvalue weighted by atomic mass is 35.5. The lowest BCUT2D eigenvalue weighted by Gasteiger charge is -2.11. The topological polar surface area (TPSA) is 87.0 Å². The van der Waals surface area contributed by atoms with E-state index >= 15 is 0 Å². The molecule has 7 nitrogen and oxygen atoms in total. The molecule has 0 saturated heterocycles. The minimum absolute atomic E-state index is 0.0944. The number of ether oxygens (including phenoxy) is 1. The maximum atomic E-state index is 13.0. The molecule has 4 aromatic rings. The third-order valence-corrected chi connectivity index (χ3v) is 5.18. The van der Waals surface area contributed by atoms with Crippen molar-refractivity contribution in [1.82, 2.24) is 18.9 Å². The number of carbonyl (C=O) groups excluding carboxylic acids is 1. The number of rotatable bonds is 4. The molecule has 9 heteroatoms. The summed E-state index contributed by atoms with van der Waals surface area (Å²) < 4.78 is 11.0. The van der Waals surface area contributed by atoms with E-state index in [-0.39, 0.29) is 22.7 Å². The van der Waals surface area contributed by atoms with Crippen LogP contribution in [0.2, 0.25) is 5.15 Å². The first-order chi connectivity index (χ1) is 14.0. The summed E-state index contributed by atoms with van der Waals surface area (Å²) in [5, 5.41) is 0.977. The Balaban J connectivity index is 1.99. The molecular weight excluding hydrogens is 412 g/mol. The molecule has 0 atom stereocenters. The number of aromatic nitrogens is 4. The number of pyridine rings is 2. The summed E-state index contributed by atoms with van der Waals surface area (Å²) in [5.74, 6) is -0.163. The van der Waals surface area contributed by atoms with Crippen LogP contribution in [0.15, 0.2) is 47.4 Å². The molecule has 0 fully saturated rings. The number of benzene rings is 1. The van der Waals surface area contributed by atoms with E-state index in [4.69, 9.17) is 16.3 Å². The second-order valence-electron chi connectivity index (χ2n) is 6.19. The van der Waals surface area contributed by atoms with Crippen LogP contribution >= 0.6 is 23.1 Å². The Bertz CT molecular complexity index is 1280. The van der Waals surface area contributed by atoms with Gasteiger partial charge in [-0.25, -0.2) is 9.78 Å². The molecule has 0 radical (unpaired) electrons. The molecule has 3 aromatic heterocycles. The van der Waals surface area contributed by atoms with Crippen LogP contribution < -0.4 is 5.43 Å². The summed E-state index contributed by atoms with van der Waals surface area (Å²) in [5.41, 5.74) is 1.22. The number of esters is 1. The Hall–Kier alpha value is -3.10. The van der Waals surface area contributed by atoms with Crippen molar-refractivity contribution in [2.45, 2.75) is 13.8 Å². The minimum Gasteiger partial charge on any atom is -0.462 e. The quantitative estimate of drug-likeness (QED) is 0.361. The first kappa shape index (κ1) is 19.2. The van der Waals surface area contributed by atoms with Crippen molar-refractivity contribution >= 4 is 40.1 Å². The van der Waals surface area contributed by atoms with Gasteiger partial charge < -0.3 is 4.74 Å². The van der Waals surface area contributed by atoms with Crippen molar-refractivity contribution in [3.05, 3.63) is 69.1 Å².